The van der Waals surface area contributed by atoms with E-state index in [4.69, 9.17) is 4.74 Å². The second-order valence-electron chi connectivity index (χ2n) is 5.76. The van der Waals surface area contributed by atoms with Gasteiger partial charge in [-0.1, -0.05) is 18.2 Å². The molecule has 28 heavy (non-hydrogen) atoms. The van der Waals surface area contributed by atoms with Crippen molar-refractivity contribution in [1.29, 1.82) is 0 Å². The molecule has 4 rings (SSSR count). The zero-order valence-electron chi connectivity index (χ0n) is 14.5. The molecule has 8 heteroatoms. The second-order valence-corrected chi connectivity index (χ2v) is 5.76. The van der Waals surface area contributed by atoms with Crippen LogP contribution in [0.3, 0.4) is 0 Å². The van der Waals surface area contributed by atoms with Gasteiger partial charge in [0.15, 0.2) is 5.82 Å². The van der Waals surface area contributed by atoms with E-state index in [0.717, 1.165) is 0 Å². The van der Waals surface area contributed by atoms with Crippen LogP contribution in [0.4, 0.5) is 10.1 Å². The number of halogens is 1. The normalized spacial score (nSPS) is 10.5. The van der Waals surface area contributed by atoms with Gasteiger partial charge in [-0.05, 0) is 36.4 Å². The Balaban J connectivity index is 1.44. The van der Waals surface area contributed by atoms with Crippen molar-refractivity contribution >= 4 is 11.6 Å². The zero-order valence-corrected chi connectivity index (χ0v) is 14.5. The van der Waals surface area contributed by atoms with Crippen LogP contribution >= 0.6 is 0 Å². The van der Waals surface area contributed by atoms with Gasteiger partial charge in [0, 0.05) is 18.0 Å². The van der Waals surface area contributed by atoms with Gasteiger partial charge < -0.3 is 10.1 Å². The van der Waals surface area contributed by atoms with Crippen molar-refractivity contribution in [3.63, 3.8) is 0 Å². The predicted molar refractivity (Wildman–Crippen MR) is 100 cm³/mol. The maximum Gasteiger partial charge on any atom is 0.257 e. The monoisotopic (exact) mass is 375 g/mol. The molecule has 0 spiro atoms. The van der Waals surface area contributed by atoms with Crippen LogP contribution in [0.25, 0.3) is 5.69 Å². The third-order valence-corrected chi connectivity index (χ3v) is 3.84. The molecule has 0 aliphatic rings. The number of anilines is 1. The summed E-state index contributed by atoms with van der Waals surface area (Å²) in [5, 5.41) is 6.52. The first-order chi connectivity index (χ1) is 13.7. The first-order valence-corrected chi connectivity index (χ1v) is 8.34. The summed E-state index contributed by atoms with van der Waals surface area (Å²) in [5.41, 5.74) is 0.872. The lowest BCUT2D eigenvalue weighted by atomic mass is 10.2. The van der Waals surface area contributed by atoms with Crippen LogP contribution in [-0.4, -0.2) is 25.7 Å². The Morgan fingerprint density at radius 3 is 2.61 bits per heavy atom. The second kappa shape index (κ2) is 7.67. The van der Waals surface area contributed by atoms with Crippen molar-refractivity contribution in [2.75, 3.05) is 5.32 Å². The van der Waals surface area contributed by atoms with Gasteiger partial charge in [-0.3, -0.25) is 4.79 Å². The average molecular weight is 375 g/mol. The zero-order chi connectivity index (χ0) is 19.3. The maximum absolute atomic E-state index is 14.3. The molecule has 2 aromatic heterocycles. The molecule has 0 fully saturated rings. The highest BCUT2D eigenvalue weighted by molar-refractivity contribution is 6.04. The Labute approximate surface area is 159 Å². The van der Waals surface area contributed by atoms with Crippen LogP contribution in [0.2, 0.25) is 0 Å². The molecule has 4 aromatic rings. The highest BCUT2D eigenvalue weighted by Gasteiger charge is 2.11. The van der Waals surface area contributed by atoms with Crippen molar-refractivity contribution in [2.45, 2.75) is 0 Å². The number of para-hydroxylation sites is 1. The first kappa shape index (κ1) is 17.3. The molecule has 1 N–H and O–H groups in total. The van der Waals surface area contributed by atoms with Gasteiger partial charge in [-0.15, -0.1) is 0 Å². The fraction of sp³-hybridized carbons (Fsp3) is 0. The SMILES string of the molecule is O=C(Nc1ccc(-n2cncn2)c(F)c1)c1ccc(Oc2ccccc2)nc1. The molecule has 0 bridgehead atoms. The van der Waals surface area contributed by atoms with Crippen LogP contribution in [0.15, 0.2) is 79.5 Å². The number of nitrogens with zero attached hydrogens (tertiary/aromatic N) is 4. The van der Waals surface area contributed by atoms with Gasteiger partial charge in [-0.25, -0.2) is 19.0 Å². The lowest BCUT2D eigenvalue weighted by Gasteiger charge is -2.08. The summed E-state index contributed by atoms with van der Waals surface area (Å²) in [7, 11) is 0. The van der Waals surface area contributed by atoms with Crippen LogP contribution in [0, 0.1) is 5.82 Å². The quantitative estimate of drug-likeness (QED) is 0.573. The Bertz CT molecular complexity index is 1080. The highest BCUT2D eigenvalue weighted by Crippen LogP contribution is 2.20. The summed E-state index contributed by atoms with van der Waals surface area (Å²) in [4.78, 5) is 20.3. The number of amides is 1. The lowest BCUT2D eigenvalue weighted by molar-refractivity contribution is 0.102. The van der Waals surface area contributed by atoms with Crippen molar-refractivity contribution in [3.05, 3.63) is 90.9 Å². The molecular formula is C20H14FN5O2. The number of hydrogen-bond donors (Lipinski definition) is 1. The maximum atomic E-state index is 14.3. The topological polar surface area (TPSA) is 81.9 Å². The van der Waals surface area contributed by atoms with E-state index in [9.17, 15) is 9.18 Å². The van der Waals surface area contributed by atoms with Crippen molar-refractivity contribution in [3.8, 4) is 17.3 Å². The van der Waals surface area contributed by atoms with Crippen LogP contribution in [0.1, 0.15) is 10.4 Å². The third-order valence-electron chi connectivity index (χ3n) is 3.84. The van der Waals surface area contributed by atoms with E-state index in [1.807, 2.05) is 18.2 Å². The summed E-state index contributed by atoms with van der Waals surface area (Å²) >= 11 is 0. The lowest BCUT2D eigenvalue weighted by Crippen LogP contribution is -2.12. The summed E-state index contributed by atoms with van der Waals surface area (Å²) in [6.45, 7) is 0. The summed E-state index contributed by atoms with van der Waals surface area (Å²) in [5.74, 6) is 0.0702. The van der Waals surface area contributed by atoms with E-state index in [-0.39, 0.29) is 5.69 Å². The molecule has 7 nitrogen and oxygen atoms in total. The van der Waals surface area contributed by atoms with Crippen LogP contribution < -0.4 is 10.1 Å². The summed E-state index contributed by atoms with van der Waals surface area (Å²) < 4.78 is 21.1. The summed E-state index contributed by atoms with van der Waals surface area (Å²) in [6.07, 6.45) is 4.10. The molecule has 2 aromatic carbocycles. The molecule has 1 amide bonds. The Hall–Kier alpha value is -4.07. The Morgan fingerprint density at radius 2 is 1.93 bits per heavy atom. The van der Waals surface area contributed by atoms with Crippen molar-refractivity contribution < 1.29 is 13.9 Å². The number of pyridine rings is 1. The van der Waals surface area contributed by atoms with Gasteiger partial charge in [0.05, 0.1) is 5.56 Å². The van der Waals surface area contributed by atoms with E-state index in [1.54, 1.807) is 30.3 Å². The minimum Gasteiger partial charge on any atom is -0.439 e. The van der Waals surface area contributed by atoms with E-state index >= 15 is 0 Å². The minimum atomic E-state index is -0.534. The molecule has 138 valence electrons. The number of ether oxygens (including phenoxy) is 1. The predicted octanol–water partition coefficient (Wildman–Crippen LogP) is 3.85. The third kappa shape index (κ3) is 3.85. The highest BCUT2D eigenvalue weighted by atomic mass is 19.1. The minimum absolute atomic E-state index is 0.236. The molecule has 0 unspecified atom stereocenters. The van der Waals surface area contributed by atoms with Crippen molar-refractivity contribution in [1.82, 2.24) is 19.7 Å². The Morgan fingerprint density at radius 1 is 1.07 bits per heavy atom. The number of benzene rings is 2. The molecule has 2 heterocycles. The fourth-order valence-electron chi connectivity index (χ4n) is 2.49. The van der Waals surface area contributed by atoms with Crippen molar-refractivity contribution in [2.24, 2.45) is 0 Å². The Kier molecular flexibility index (Phi) is 4.75. The molecule has 0 radical (unpaired) electrons. The van der Waals surface area contributed by atoms with E-state index in [0.29, 0.717) is 22.9 Å². The van der Waals surface area contributed by atoms with Gasteiger partial charge in [0.25, 0.3) is 5.91 Å². The number of aromatic nitrogens is 4. The molecule has 0 aliphatic heterocycles. The smallest absolute Gasteiger partial charge is 0.257 e. The first-order valence-electron chi connectivity index (χ1n) is 8.34. The molecular weight excluding hydrogens is 361 g/mol. The number of rotatable bonds is 5. The molecule has 0 saturated carbocycles. The largest absolute Gasteiger partial charge is 0.439 e. The molecule has 0 saturated heterocycles. The number of nitrogens with one attached hydrogen (secondary N) is 1. The van der Waals surface area contributed by atoms with E-state index in [1.165, 1.54) is 35.7 Å². The fourth-order valence-corrected chi connectivity index (χ4v) is 2.49. The summed E-state index contributed by atoms with van der Waals surface area (Å²) in [6, 6.07) is 16.7. The van der Waals surface area contributed by atoms with Gasteiger partial charge in [0.1, 0.15) is 24.1 Å². The van der Waals surface area contributed by atoms with Gasteiger partial charge in [0.2, 0.25) is 5.88 Å². The molecule has 0 atom stereocenters. The van der Waals surface area contributed by atoms with Crippen LogP contribution in [0.5, 0.6) is 11.6 Å². The number of carbonyl (C=O) groups excluding carboxylic acids is 1. The van der Waals surface area contributed by atoms with E-state index < -0.39 is 11.7 Å². The molecule has 0 aliphatic carbocycles. The van der Waals surface area contributed by atoms with Gasteiger partial charge >= 0.3 is 0 Å². The standard InChI is InChI=1S/C20H14FN5O2/c21-17-10-15(7-8-18(17)26-13-22-12-24-26)25-20(27)14-6-9-19(23-11-14)28-16-4-2-1-3-5-16/h1-13H,(H,25,27). The van der Waals surface area contributed by atoms with Crippen LogP contribution in [-0.2, 0) is 0 Å². The average Bonchev–Trinajstić information content (AvgIpc) is 3.24. The number of hydrogen-bond acceptors (Lipinski definition) is 5. The van der Waals surface area contributed by atoms with Gasteiger partial charge in [-0.2, -0.15) is 5.10 Å². The van der Waals surface area contributed by atoms with E-state index in [2.05, 4.69) is 20.4 Å². The number of carbonyl (C=O) groups is 1.